The van der Waals surface area contributed by atoms with Crippen LogP contribution in [-0.2, 0) is 13.0 Å². The van der Waals surface area contributed by atoms with E-state index in [2.05, 4.69) is 20.6 Å². The fourth-order valence-electron chi connectivity index (χ4n) is 3.14. The molecule has 1 amide bonds. The van der Waals surface area contributed by atoms with Gasteiger partial charge in [-0.2, -0.15) is 0 Å². The number of pyridine rings is 1. The average Bonchev–Trinajstić information content (AvgIpc) is 2.81. The van der Waals surface area contributed by atoms with Crippen LogP contribution in [0.25, 0.3) is 0 Å². The Morgan fingerprint density at radius 1 is 1.09 bits per heavy atom. The Morgan fingerprint density at radius 3 is 2.67 bits per heavy atom. The van der Waals surface area contributed by atoms with Gasteiger partial charge in [0.05, 0.1) is 0 Å². The van der Waals surface area contributed by atoms with Gasteiger partial charge in [0, 0.05) is 57.6 Å². The predicted molar refractivity (Wildman–Crippen MR) is 127 cm³/mol. The van der Waals surface area contributed by atoms with Crippen molar-refractivity contribution < 1.29 is 13.9 Å². The lowest BCUT2D eigenvalue weighted by Gasteiger charge is -2.14. The van der Waals surface area contributed by atoms with Crippen LogP contribution >= 0.6 is 0 Å². The summed E-state index contributed by atoms with van der Waals surface area (Å²) in [5.41, 5.74) is 2.53. The molecule has 33 heavy (non-hydrogen) atoms. The summed E-state index contributed by atoms with van der Waals surface area (Å²) in [6, 6.07) is 17.2. The molecule has 0 fully saturated rings. The first-order chi connectivity index (χ1) is 16.0. The lowest BCUT2D eigenvalue weighted by molar-refractivity contribution is 0.0827. The minimum absolute atomic E-state index is 0.0185. The standard InChI is InChI=1S/C25H28FN5O2/c1-27-25(29-14-12-18-7-4-8-19(15-18)24(32)31(2)3)30-17-20-9-6-13-28-23(20)33-22-11-5-10-21(26)16-22/h4-11,13,15-16H,12,14,17H2,1-3H3,(H2,27,29,30). The third-order valence-corrected chi connectivity index (χ3v) is 4.82. The maximum atomic E-state index is 13.5. The molecule has 7 nitrogen and oxygen atoms in total. The van der Waals surface area contributed by atoms with Gasteiger partial charge in [-0.25, -0.2) is 9.37 Å². The number of rotatable bonds is 8. The van der Waals surface area contributed by atoms with E-state index in [9.17, 15) is 9.18 Å². The molecular weight excluding hydrogens is 421 g/mol. The van der Waals surface area contributed by atoms with Crippen LogP contribution in [0.4, 0.5) is 4.39 Å². The Kier molecular flexibility index (Phi) is 8.35. The van der Waals surface area contributed by atoms with Crippen molar-refractivity contribution in [1.29, 1.82) is 0 Å². The van der Waals surface area contributed by atoms with E-state index in [0.717, 1.165) is 17.5 Å². The molecule has 0 radical (unpaired) electrons. The van der Waals surface area contributed by atoms with Gasteiger partial charge in [-0.1, -0.05) is 24.3 Å². The number of ether oxygens (including phenoxy) is 1. The van der Waals surface area contributed by atoms with Gasteiger partial charge in [-0.3, -0.25) is 9.79 Å². The molecule has 0 saturated heterocycles. The van der Waals surface area contributed by atoms with E-state index < -0.39 is 0 Å². The fraction of sp³-hybridized carbons (Fsp3) is 0.240. The van der Waals surface area contributed by atoms with Gasteiger partial charge in [0.2, 0.25) is 5.88 Å². The van der Waals surface area contributed by atoms with Crippen molar-refractivity contribution in [3.63, 3.8) is 0 Å². The quantitative estimate of drug-likeness (QED) is 0.406. The van der Waals surface area contributed by atoms with Crippen LogP contribution in [-0.4, -0.2) is 49.4 Å². The van der Waals surface area contributed by atoms with E-state index in [-0.39, 0.29) is 11.7 Å². The highest BCUT2D eigenvalue weighted by Crippen LogP contribution is 2.23. The van der Waals surface area contributed by atoms with Crippen LogP contribution in [0.5, 0.6) is 11.6 Å². The average molecular weight is 450 g/mol. The fourth-order valence-corrected chi connectivity index (χ4v) is 3.14. The minimum Gasteiger partial charge on any atom is -0.439 e. The molecular formula is C25H28FN5O2. The molecule has 0 bridgehead atoms. The molecule has 0 aliphatic heterocycles. The number of carbonyl (C=O) groups is 1. The monoisotopic (exact) mass is 449 g/mol. The molecule has 0 atom stereocenters. The number of carbonyl (C=O) groups excluding carboxylic acids is 1. The summed E-state index contributed by atoms with van der Waals surface area (Å²) in [6.45, 7) is 1.06. The molecule has 0 spiro atoms. The van der Waals surface area contributed by atoms with Gasteiger partial charge in [0.25, 0.3) is 5.91 Å². The number of halogens is 1. The highest BCUT2D eigenvalue weighted by molar-refractivity contribution is 5.94. The van der Waals surface area contributed by atoms with Crippen LogP contribution in [0.3, 0.4) is 0 Å². The zero-order chi connectivity index (χ0) is 23.6. The molecule has 172 valence electrons. The summed E-state index contributed by atoms with van der Waals surface area (Å²) in [5, 5.41) is 6.51. The van der Waals surface area contributed by atoms with Crippen LogP contribution in [0.15, 0.2) is 71.9 Å². The lowest BCUT2D eigenvalue weighted by atomic mass is 10.1. The predicted octanol–water partition coefficient (Wildman–Crippen LogP) is 3.62. The van der Waals surface area contributed by atoms with Crippen molar-refractivity contribution in [2.75, 3.05) is 27.7 Å². The van der Waals surface area contributed by atoms with Gasteiger partial charge in [-0.05, 0) is 42.3 Å². The summed E-state index contributed by atoms with van der Waals surface area (Å²) in [4.78, 5) is 22.2. The zero-order valence-electron chi connectivity index (χ0n) is 19.0. The minimum atomic E-state index is -0.371. The van der Waals surface area contributed by atoms with Crippen molar-refractivity contribution in [3.8, 4) is 11.6 Å². The topological polar surface area (TPSA) is 78.9 Å². The smallest absolute Gasteiger partial charge is 0.253 e. The molecule has 1 heterocycles. The van der Waals surface area contributed by atoms with E-state index in [1.807, 2.05) is 36.4 Å². The van der Waals surface area contributed by atoms with Gasteiger partial charge in [-0.15, -0.1) is 0 Å². The van der Waals surface area contributed by atoms with E-state index in [1.54, 1.807) is 44.4 Å². The second-order valence-corrected chi connectivity index (χ2v) is 7.53. The summed E-state index contributed by atoms with van der Waals surface area (Å²) >= 11 is 0. The third kappa shape index (κ3) is 7.03. The Bertz CT molecular complexity index is 1120. The van der Waals surface area contributed by atoms with Crippen molar-refractivity contribution >= 4 is 11.9 Å². The van der Waals surface area contributed by atoms with Crippen molar-refractivity contribution in [2.45, 2.75) is 13.0 Å². The van der Waals surface area contributed by atoms with E-state index in [1.165, 1.54) is 12.1 Å². The van der Waals surface area contributed by atoms with Gasteiger partial charge < -0.3 is 20.3 Å². The van der Waals surface area contributed by atoms with Gasteiger partial charge in [0.1, 0.15) is 11.6 Å². The lowest BCUT2D eigenvalue weighted by Crippen LogP contribution is -2.38. The van der Waals surface area contributed by atoms with E-state index in [4.69, 9.17) is 4.74 Å². The normalized spacial score (nSPS) is 11.1. The molecule has 8 heteroatoms. The third-order valence-electron chi connectivity index (χ3n) is 4.82. The first-order valence-electron chi connectivity index (χ1n) is 10.6. The molecule has 3 rings (SSSR count). The van der Waals surface area contributed by atoms with Crippen LogP contribution in [0.2, 0.25) is 0 Å². The zero-order valence-corrected chi connectivity index (χ0v) is 19.0. The SMILES string of the molecule is CN=C(NCCc1cccc(C(=O)N(C)C)c1)NCc1cccnc1Oc1cccc(F)c1. The number of amides is 1. The number of nitrogens with zero attached hydrogens (tertiary/aromatic N) is 3. The van der Waals surface area contributed by atoms with Gasteiger partial charge >= 0.3 is 0 Å². The van der Waals surface area contributed by atoms with E-state index in [0.29, 0.717) is 36.2 Å². The van der Waals surface area contributed by atoms with Crippen molar-refractivity contribution in [3.05, 3.63) is 89.4 Å². The first-order valence-corrected chi connectivity index (χ1v) is 10.6. The Hall–Kier alpha value is -3.94. The Morgan fingerprint density at radius 2 is 1.91 bits per heavy atom. The molecule has 0 aliphatic carbocycles. The molecule has 1 aromatic heterocycles. The first kappa shape index (κ1) is 23.7. The van der Waals surface area contributed by atoms with Crippen LogP contribution in [0.1, 0.15) is 21.5 Å². The molecule has 0 aliphatic rings. The number of hydrogen-bond donors (Lipinski definition) is 2. The second kappa shape index (κ2) is 11.6. The highest BCUT2D eigenvalue weighted by atomic mass is 19.1. The number of hydrogen-bond acceptors (Lipinski definition) is 4. The molecule has 3 aromatic rings. The number of guanidine groups is 1. The maximum absolute atomic E-state index is 13.5. The highest BCUT2D eigenvalue weighted by Gasteiger charge is 2.10. The molecule has 0 saturated carbocycles. The summed E-state index contributed by atoms with van der Waals surface area (Å²) in [7, 11) is 5.17. The molecule has 2 N–H and O–H groups in total. The number of benzene rings is 2. The summed E-state index contributed by atoms with van der Waals surface area (Å²) in [5.74, 6) is 1.01. The van der Waals surface area contributed by atoms with Crippen molar-refractivity contribution in [1.82, 2.24) is 20.5 Å². The largest absolute Gasteiger partial charge is 0.439 e. The second-order valence-electron chi connectivity index (χ2n) is 7.53. The Balaban J connectivity index is 1.54. The number of nitrogens with one attached hydrogen (secondary N) is 2. The summed E-state index contributed by atoms with van der Waals surface area (Å²) < 4.78 is 19.2. The Labute approximate surface area is 193 Å². The number of aromatic nitrogens is 1. The maximum Gasteiger partial charge on any atom is 0.253 e. The molecule has 0 unspecified atom stereocenters. The number of aliphatic imine (C=N–C) groups is 1. The van der Waals surface area contributed by atoms with Crippen LogP contribution < -0.4 is 15.4 Å². The van der Waals surface area contributed by atoms with Gasteiger partial charge in [0.15, 0.2) is 5.96 Å². The molecule has 2 aromatic carbocycles. The van der Waals surface area contributed by atoms with E-state index >= 15 is 0 Å². The summed E-state index contributed by atoms with van der Waals surface area (Å²) in [6.07, 6.45) is 2.36. The van der Waals surface area contributed by atoms with Crippen molar-refractivity contribution in [2.24, 2.45) is 4.99 Å². The van der Waals surface area contributed by atoms with Crippen LogP contribution in [0, 0.1) is 5.82 Å².